The summed E-state index contributed by atoms with van der Waals surface area (Å²) in [5.74, 6) is 0. The minimum Gasteiger partial charge on any atom is -0.456 e. The molecular formula is C76H54N2O2. The summed E-state index contributed by atoms with van der Waals surface area (Å²) < 4.78 is 13.5. The molecule has 0 fully saturated rings. The van der Waals surface area contributed by atoms with Crippen LogP contribution in [0, 0.1) is 27.7 Å². The molecule has 16 rings (SSSR count). The third kappa shape index (κ3) is 6.57. The standard InChI is InChI=1S/C76H54N2O2/c1-47-21-31-53(32-22-47)75(54-33-23-48(2)24-34-54)63-15-7-9-17-67(63)77(69-45-73-61(43-65(69)75)59-13-5-11-19-71(59)79-73)57-39-29-52-42-58(40-30-51(52)41-57)78-68-18-10-8-16-64(68)76(55-35-25-49(3)26-36-55,56-37-27-50(4)28-38-56)66-44-62-60-14-6-12-20-72(60)80-74(62)46-70(66)78/h5-46H,1-4H3. The summed E-state index contributed by atoms with van der Waals surface area (Å²) in [5.41, 5.74) is 23.3. The van der Waals surface area contributed by atoms with Gasteiger partial charge < -0.3 is 18.6 Å². The number of furan rings is 2. The van der Waals surface area contributed by atoms with Crippen LogP contribution in [0.5, 0.6) is 0 Å². The van der Waals surface area contributed by atoms with E-state index in [0.29, 0.717) is 0 Å². The Morgan fingerprint density at radius 3 is 0.975 bits per heavy atom. The van der Waals surface area contributed by atoms with Gasteiger partial charge in [0.15, 0.2) is 0 Å². The second-order valence-electron chi connectivity index (χ2n) is 22.3. The number of anilines is 6. The second-order valence-corrected chi connectivity index (χ2v) is 22.3. The van der Waals surface area contributed by atoms with Gasteiger partial charge in [-0.3, -0.25) is 0 Å². The molecule has 12 aromatic carbocycles. The van der Waals surface area contributed by atoms with Gasteiger partial charge in [-0.1, -0.05) is 204 Å². The first-order valence-electron chi connectivity index (χ1n) is 27.8. The van der Waals surface area contributed by atoms with Crippen LogP contribution in [0.4, 0.5) is 34.1 Å². The van der Waals surface area contributed by atoms with Gasteiger partial charge in [0, 0.05) is 45.1 Å². The Morgan fingerprint density at radius 1 is 0.263 bits per heavy atom. The highest BCUT2D eigenvalue weighted by Crippen LogP contribution is 2.61. The molecule has 4 heterocycles. The van der Waals surface area contributed by atoms with Crippen LogP contribution in [-0.2, 0) is 10.8 Å². The van der Waals surface area contributed by atoms with Gasteiger partial charge in [0.05, 0.1) is 33.6 Å². The zero-order valence-electron chi connectivity index (χ0n) is 45.0. The second kappa shape index (κ2) is 17.3. The van der Waals surface area contributed by atoms with Crippen LogP contribution in [0.25, 0.3) is 54.6 Å². The Hall–Kier alpha value is -9.90. The molecule has 0 unspecified atom stereocenters. The Kier molecular flexibility index (Phi) is 9.99. The van der Waals surface area contributed by atoms with E-state index in [4.69, 9.17) is 8.83 Å². The lowest BCUT2D eigenvalue weighted by molar-refractivity contribution is 0.667. The smallest absolute Gasteiger partial charge is 0.137 e. The molecule has 2 aliphatic heterocycles. The molecule has 0 N–H and O–H groups in total. The SMILES string of the molecule is Cc1ccc(C2(c3ccc(C)cc3)c3ccccc3N(c3ccc4cc(N5c6ccccc6C(c6ccc(C)cc6)(c6ccc(C)cc6)c6cc7c(cc65)oc5ccccc57)ccc4c3)c3cc4oc5ccccc5c4cc32)cc1. The van der Waals surface area contributed by atoms with E-state index in [2.05, 4.69) is 292 Å². The van der Waals surface area contributed by atoms with Crippen molar-refractivity contribution in [3.8, 4) is 0 Å². The van der Waals surface area contributed by atoms with Crippen molar-refractivity contribution in [2.24, 2.45) is 0 Å². The Morgan fingerprint density at radius 2 is 0.600 bits per heavy atom. The molecule has 0 atom stereocenters. The van der Waals surface area contributed by atoms with Gasteiger partial charge in [0.2, 0.25) is 0 Å². The monoisotopic (exact) mass is 1030 g/mol. The number of nitrogens with zero attached hydrogens (tertiary/aromatic N) is 2. The van der Waals surface area contributed by atoms with E-state index in [1.165, 1.54) is 66.8 Å². The number of para-hydroxylation sites is 4. The molecule has 2 aromatic heterocycles. The van der Waals surface area contributed by atoms with Crippen molar-refractivity contribution < 1.29 is 8.83 Å². The average molecular weight is 1030 g/mol. The van der Waals surface area contributed by atoms with E-state index in [0.717, 1.165) is 88.8 Å². The maximum absolute atomic E-state index is 6.77. The summed E-state index contributed by atoms with van der Waals surface area (Å²) in [4.78, 5) is 4.94. The fourth-order valence-electron chi connectivity index (χ4n) is 13.9. The molecule has 0 amide bonds. The minimum atomic E-state index is -0.659. The van der Waals surface area contributed by atoms with E-state index in [1.807, 2.05) is 0 Å². The van der Waals surface area contributed by atoms with Crippen LogP contribution in [0.3, 0.4) is 0 Å². The molecule has 0 saturated heterocycles. The summed E-state index contributed by atoms with van der Waals surface area (Å²) in [6.45, 7) is 8.68. The minimum absolute atomic E-state index is 0.659. The Labute approximate surface area is 465 Å². The van der Waals surface area contributed by atoms with Gasteiger partial charge in [-0.2, -0.15) is 0 Å². The summed E-state index contributed by atoms with van der Waals surface area (Å²) >= 11 is 0. The van der Waals surface area contributed by atoms with Crippen molar-refractivity contribution in [2.45, 2.75) is 38.5 Å². The molecule has 80 heavy (non-hydrogen) atoms. The zero-order chi connectivity index (χ0) is 53.4. The normalized spacial score (nSPS) is 14.2. The third-order valence-electron chi connectivity index (χ3n) is 17.6. The lowest BCUT2D eigenvalue weighted by Crippen LogP contribution is -2.37. The van der Waals surface area contributed by atoms with E-state index in [1.54, 1.807) is 0 Å². The van der Waals surface area contributed by atoms with Gasteiger partial charge in [-0.15, -0.1) is 0 Å². The lowest BCUT2D eigenvalue weighted by atomic mass is 9.62. The van der Waals surface area contributed by atoms with Gasteiger partial charge >= 0.3 is 0 Å². The Bertz CT molecular complexity index is 4410. The fraction of sp³-hybridized carbons (Fsp3) is 0.0789. The summed E-state index contributed by atoms with van der Waals surface area (Å²) in [6, 6.07) is 95.0. The summed E-state index contributed by atoms with van der Waals surface area (Å²) in [7, 11) is 0. The van der Waals surface area contributed by atoms with Crippen LogP contribution in [0.1, 0.15) is 66.8 Å². The van der Waals surface area contributed by atoms with Crippen LogP contribution in [0.2, 0.25) is 0 Å². The quantitative estimate of drug-likeness (QED) is 0.166. The largest absolute Gasteiger partial charge is 0.456 e. The molecule has 0 radical (unpaired) electrons. The first-order valence-corrected chi connectivity index (χ1v) is 27.8. The Balaban J connectivity index is 0.912. The van der Waals surface area contributed by atoms with Gasteiger partial charge in [0.25, 0.3) is 0 Å². The van der Waals surface area contributed by atoms with E-state index in [9.17, 15) is 0 Å². The van der Waals surface area contributed by atoms with Gasteiger partial charge in [-0.05, 0) is 144 Å². The van der Waals surface area contributed by atoms with Crippen molar-refractivity contribution in [1.29, 1.82) is 0 Å². The summed E-state index contributed by atoms with van der Waals surface area (Å²) in [5, 5.41) is 6.69. The van der Waals surface area contributed by atoms with E-state index < -0.39 is 10.8 Å². The number of benzene rings is 12. The van der Waals surface area contributed by atoms with Crippen LogP contribution >= 0.6 is 0 Å². The fourth-order valence-corrected chi connectivity index (χ4v) is 13.9. The average Bonchev–Trinajstić information content (AvgIpc) is 3.40. The third-order valence-corrected chi connectivity index (χ3v) is 17.6. The predicted octanol–water partition coefficient (Wildman–Crippen LogP) is 20.2. The molecule has 4 nitrogen and oxygen atoms in total. The molecule has 0 aliphatic carbocycles. The molecule has 2 aliphatic rings. The first-order chi connectivity index (χ1) is 39.2. The first kappa shape index (κ1) is 46.2. The zero-order valence-corrected chi connectivity index (χ0v) is 45.0. The number of aryl methyl sites for hydroxylation is 4. The maximum Gasteiger partial charge on any atom is 0.137 e. The molecule has 14 aromatic rings. The van der Waals surface area contributed by atoms with E-state index >= 15 is 0 Å². The van der Waals surface area contributed by atoms with Crippen molar-refractivity contribution in [3.05, 3.63) is 322 Å². The molecule has 0 saturated carbocycles. The molecule has 4 heteroatoms. The molecule has 0 bridgehead atoms. The highest BCUT2D eigenvalue weighted by molar-refractivity contribution is 6.10. The highest BCUT2D eigenvalue weighted by atomic mass is 16.3. The topological polar surface area (TPSA) is 32.8 Å². The highest BCUT2D eigenvalue weighted by Gasteiger charge is 2.49. The van der Waals surface area contributed by atoms with Crippen molar-refractivity contribution in [1.82, 2.24) is 0 Å². The number of hydrogen-bond donors (Lipinski definition) is 0. The van der Waals surface area contributed by atoms with Crippen molar-refractivity contribution in [3.63, 3.8) is 0 Å². The van der Waals surface area contributed by atoms with Crippen LogP contribution in [0.15, 0.2) is 264 Å². The molecular weight excluding hydrogens is 973 g/mol. The maximum atomic E-state index is 6.77. The predicted molar refractivity (Wildman–Crippen MR) is 331 cm³/mol. The van der Waals surface area contributed by atoms with Crippen LogP contribution in [-0.4, -0.2) is 0 Å². The van der Waals surface area contributed by atoms with Gasteiger partial charge in [-0.25, -0.2) is 0 Å². The van der Waals surface area contributed by atoms with Gasteiger partial charge in [0.1, 0.15) is 22.3 Å². The lowest BCUT2D eigenvalue weighted by Gasteiger charge is -2.46. The summed E-state index contributed by atoms with van der Waals surface area (Å²) in [6.07, 6.45) is 0. The number of hydrogen-bond acceptors (Lipinski definition) is 4. The molecule has 380 valence electrons. The number of fused-ring (bicyclic) bond motifs is 11. The van der Waals surface area contributed by atoms with Crippen molar-refractivity contribution in [2.75, 3.05) is 9.80 Å². The van der Waals surface area contributed by atoms with E-state index in [-0.39, 0.29) is 0 Å². The van der Waals surface area contributed by atoms with Crippen LogP contribution < -0.4 is 9.80 Å². The van der Waals surface area contributed by atoms with Crippen molar-refractivity contribution >= 4 is 88.8 Å². The number of rotatable bonds is 6. The molecule has 0 spiro atoms.